The number of methoxy groups -OCH3 is 2. The van der Waals surface area contributed by atoms with E-state index in [0.29, 0.717) is 18.9 Å². The van der Waals surface area contributed by atoms with E-state index < -0.39 is 0 Å². The van der Waals surface area contributed by atoms with Gasteiger partial charge in [-0.2, -0.15) is 0 Å². The van der Waals surface area contributed by atoms with Crippen LogP contribution in [0.25, 0.3) is 0 Å². The second-order valence-corrected chi connectivity index (χ2v) is 5.93. The average Bonchev–Trinajstić information content (AvgIpc) is 3.12. The smallest absolute Gasteiger partial charge is 0.222 e. The lowest BCUT2D eigenvalue weighted by Crippen LogP contribution is -2.44. The number of carbonyl (C=O) groups excluding carboxylic acids is 1. The predicted molar refractivity (Wildman–Crippen MR) is 98.2 cm³/mol. The summed E-state index contributed by atoms with van der Waals surface area (Å²) in [5.74, 6) is 2.45. The van der Waals surface area contributed by atoms with Crippen molar-refractivity contribution in [2.24, 2.45) is 4.99 Å². The van der Waals surface area contributed by atoms with Gasteiger partial charge in [0.15, 0.2) is 5.96 Å². The molecule has 1 amide bonds. The van der Waals surface area contributed by atoms with E-state index in [1.807, 2.05) is 30.0 Å². The van der Waals surface area contributed by atoms with E-state index in [1.165, 1.54) is 0 Å². The molecule has 0 aromatic heterocycles. The van der Waals surface area contributed by atoms with E-state index in [9.17, 15) is 4.79 Å². The molecule has 0 spiro atoms. The molecule has 1 atom stereocenters. The molecule has 1 heterocycles. The molecule has 1 unspecified atom stereocenters. The summed E-state index contributed by atoms with van der Waals surface area (Å²) in [6.45, 7) is 4.00. The lowest BCUT2D eigenvalue weighted by molar-refractivity contribution is -0.129. The van der Waals surface area contributed by atoms with Gasteiger partial charge in [-0.15, -0.1) is 0 Å². The maximum Gasteiger partial charge on any atom is 0.222 e. The van der Waals surface area contributed by atoms with Gasteiger partial charge in [-0.1, -0.05) is 6.92 Å². The van der Waals surface area contributed by atoms with Crippen LogP contribution in [0.5, 0.6) is 11.5 Å². The number of guanidine groups is 1. The highest BCUT2D eigenvalue weighted by Gasteiger charge is 2.25. The molecule has 1 saturated heterocycles. The van der Waals surface area contributed by atoms with Crippen molar-refractivity contribution in [1.29, 1.82) is 0 Å². The van der Waals surface area contributed by atoms with Crippen LogP contribution in [-0.4, -0.2) is 57.2 Å². The van der Waals surface area contributed by atoms with Gasteiger partial charge in [0, 0.05) is 50.8 Å². The predicted octanol–water partition coefficient (Wildman–Crippen LogP) is 1.38. The molecule has 7 heteroatoms. The quantitative estimate of drug-likeness (QED) is 0.600. The van der Waals surface area contributed by atoms with Gasteiger partial charge < -0.3 is 25.0 Å². The van der Waals surface area contributed by atoms with Crippen LogP contribution in [-0.2, 0) is 11.3 Å². The SMILES string of the molecule is CCC(=O)N1CCC(NC(=NC)NCc2ccc(OC)cc2OC)C1. The Morgan fingerprint density at radius 2 is 2.16 bits per heavy atom. The fourth-order valence-electron chi connectivity index (χ4n) is 2.89. The minimum absolute atomic E-state index is 0.204. The summed E-state index contributed by atoms with van der Waals surface area (Å²) < 4.78 is 10.6. The van der Waals surface area contributed by atoms with Gasteiger partial charge in [-0.25, -0.2) is 0 Å². The first-order chi connectivity index (χ1) is 12.1. The van der Waals surface area contributed by atoms with Crippen molar-refractivity contribution in [3.05, 3.63) is 23.8 Å². The van der Waals surface area contributed by atoms with E-state index in [1.54, 1.807) is 21.3 Å². The van der Waals surface area contributed by atoms with Crippen molar-refractivity contribution in [1.82, 2.24) is 15.5 Å². The van der Waals surface area contributed by atoms with Crippen LogP contribution in [0.15, 0.2) is 23.2 Å². The second-order valence-electron chi connectivity index (χ2n) is 5.93. The van der Waals surface area contributed by atoms with E-state index in [4.69, 9.17) is 9.47 Å². The zero-order valence-electron chi connectivity index (χ0n) is 15.5. The van der Waals surface area contributed by atoms with Gasteiger partial charge in [0.2, 0.25) is 5.91 Å². The Bertz CT molecular complexity index is 618. The van der Waals surface area contributed by atoms with Crippen LogP contribution in [0, 0.1) is 0 Å². The Labute approximate surface area is 149 Å². The Morgan fingerprint density at radius 1 is 1.36 bits per heavy atom. The van der Waals surface area contributed by atoms with Crippen LogP contribution in [0.1, 0.15) is 25.3 Å². The first-order valence-corrected chi connectivity index (χ1v) is 8.57. The Hall–Kier alpha value is -2.44. The summed E-state index contributed by atoms with van der Waals surface area (Å²) in [4.78, 5) is 17.9. The van der Waals surface area contributed by atoms with Crippen LogP contribution in [0.4, 0.5) is 0 Å². The molecule has 0 bridgehead atoms. The number of hydrogen-bond donors (Lipinski definition) is 2. The summed E-state index contributed by atoms with van der Waals surface area (Å²) in [5.41, 5.74) is 1.01. The number of likely N-dealkylation sites (tertiary alicyclic amines) is 1. The van der Waals surface area contributed by atoms with Crippen molar-refractivity contribution < 1.29 is 14.3 Å². The summed E-state index contributed by atoms with van der Waals surface area (Å²) in [5, 5.41) is 6.68. The largest absolute Gasteiger partial charge is 0.497 e. The number of aliphatic imine (C=N–C) groups is 1. The molecule has 0 aliphatic carbocycles. The molecule has 1 aliphatic heterocycles. The zero-order chi connectivity index (χ0) is 18.2. The fourth-order valence-corrected chi connectivity index (χ4v) is 2.89. The maximum absolute atomic E-state index is 11.8. The van der Waals surface area contributed by atoms with Crippen LogP contribution < -0.4 is 20.1 Å². The molecule has 0 radical (unpaired) electrons. The molecule has 1 aromatic rings. The first kappa shape index (κ1) is 18.9. The van der Waals surface area contributed by atoms with Crippen LogP contribution in [0.3, 0.4) is 0 Å². The van der Waals surface area contributed by atoms with E-state index in [0.717, 1.165) is 36.6 Å². The van der Waals surface area contributed by atoms with Gasteiger partial charge in [-0.05, 0) is 18.6 Å². The molecule has 2 N–H and O–H groups in total. The number of nitrogens with one attached hydrogen (secondary N) is 2. The molecule has 138 valence electrons. The molecule has 7 nitrogen and oxygen atoms in total. The molecular weight excluding hydrogens is 320 g/mol. The van der Waals surface area contributed by atoms with E-state index in [-0.39, 0.29) is 11.9 Å². The number of rotatable bonds is 6. The topological polar surface area (TPSA) is 75.2 Å². The molecule has 1 fully saturated rings. The number of carbonyl (C=O) groups is 1. The molecule has 2 rings (SSSR count). The van der Waals surface area contributed by atoms with Gasteiger partial charge in [0.05, 0.1) is 14.2 Å². The third-order valence-electron chi connectivity index (χ3n) is 4.35. The zero-order valence-corrected chi connectivity index (χ0v) is 15.5. The number of benzene rings is 1. The number of hydrogen-bond acceptors (Lipinski definition) is 4. The third-order valence-corrected chi connectivity index (χ3v) is 4.35. The third kappa shape index (κ3) is 5.01. The highest BCUT2D eigenvalue weighted by molar-refractivity contribution is 5.80. The van der Waals surface area contributed by atoms with Crippen LogP contribution >= 0.6 is 0 Å². The van der Waals surface area contributed by atoms with Crippen molar-refractivity contribution in [2.45, 2.75) is 32.4 Å². The minimum Gasteiger partial charge on any atom is -0.497 e. The highest BCUT2D eigenvalue weighted by atomic mass is 16.5. The number of nitrogens with zero attached hydrogens (tertiary/aromatic N) is 2. The minimum atomic E-state index is 0.204. The fraction of sp³-hybridized carbons (Fsp3) is 0.556. The molecular formula is C18H28N4O3. The first-order valence-electron chi connectivity index (χ1n) is 8.57. The summed E-state index contributed by atoms with van der Waals surface area (Å²) in [6, 6.07) is 5.95. The van der Waals surface area contributed by atoms with Crippen molar-refractivity contribution >= 4 is 11.9 Å². The Balaban J connectivity index is 1.90. The van der Waals surface area contributed by atoms with Gasteiger partial charge in [0.1, 0.15) is 11.5 Å². The normalized spacial score (nSPS) is 17.4. The highest BCUT2D eigenvalue weighted by Crippen LogP contribution is 2.24. The Morgan fingerprint density at radius 3 is 2.80 bits per heavy atom. The lowest BCUT2D eigenvalue weighted by Gasteiger charge is -2.19. The lowest BCUT2D eigenvalue weighted by atomic mass is 10.2. The summed E-state index contributed by atoms with van der Waals surface area (Å²) in [7, 11) is 5.01. The monoisotopic (exact) mass is 348 g/mol. The van der Waals surface area contributed by atoms with E-state index >= 15 is 0 Å². The Kier molecular flexibility index (Phi) is 6.91. The molecule has 1 aromatic carbocycles. The van der Waals surface area contributed by atoms with Gasteiger partial charge in [0.25, 0.3) is 0 Å². The van der Waals surface area contributed by atoms with Gasteiger partial charge >= 0.3 is 0 Å². The second kappa shape index (κ2) is 9.15. The van der Waals surface area contributed by atoms with Crippen molar-refractivity contribution in [3.8, 4) is 11.5 Å². The summed E-state index contributed by atoms with van der Waals surface area (Å²) in [6.07, 6.45) is 1.48. The number of amides is 1. The molecule has 1 aliphatic rings. The molecule has 25 heavy (non-hydrogen) atoms. The van der Waals surface area contributed by atoms with Gasteiger partial charge in [-0.3, -0.25) is 9.79 Å². The standard InChI is InChI=1S/C18H28N4O3/c1-5-17(23)22-9-8-14(12-22)21-18(19-2)20-11-13-6-7-15(24-3)10-16(13)25-4/h6-7,10,14H,5,8-9,11-12H2,1-4H3,(H2,19,20,21). The van der Waals surface area contributed by atoms with Crippen molar-refractivity contribution in [3.63, 3.8) is 0 Å². The van der Waals surface area contributed by atoms with E-state index in [2.05, 4.69) is 15.6 Å². The average molecular weight is 348 g/mol. The van der Waals surface area contributed by atoms with Crippen molar-refractivity contribution in [2.75, 3.05) is 34.4 Å². The number of ether oxygens (including phenoxy) is 2. The molecule has 0 saturated carbocycles. The van der Waals surface area contributed by atoms with Crippen LogP contribution in [0.2, 0.25) is 0 Å². The summed E-state index contributed by atoms with van der Waals surface area (Å²) >= 11 is 0. The maximum atomic E-state index is 11.8.